The number of anilines is 1. The number of hydrogen-bond acceptors (Lipinski definition) is 4. The number of piperazine rings is 1. The maximum absolute atomic E-state index is 13.0. The molecule has 0 aliphatic carbocycles. The zero-order chi connectivity index (χ0) is 26.6. The van der Waals surface area contributed by atoms with Crippen LogP contribution in [0.15, 0.2) is 42.7 Å². The number of amides is 1. The van der Waals surface area contributed by atoms with Gasteiger partial charge in [-0.15, -0.1) is 0 Å². The van der Waals surface area contributed by atoms with E-state index >= 15 is 0 Å². The number of carbonyl (C=O) groups is 1. The van der Waals surface area contributed by atoms with E-state index in [1.807, 2.05) is 4.90 Å². The standard InChI is InChI=1S/C29H39F3N4O/c1-28(2,3)24-6-8-26(9-7-24)35-15-13-34(14-16-35)12-10-27(37)36-11-4-5-22(21-36)17-23-18-25(20-33-19-23)29(30,31)32/h6-9,18-20,22H,4-5,10-17,21H2,1-3H3/t22-/m1/s1. The van der Waals surface area contributed by atoms with Crippen LogP contribution in [0.25, 0.3) is 0 Å². The first-order chi connectivity index (χ1) is 17.5. The molecular weight excluding hydrogens is 477 g/mol. The third-order valence-corrected chi connectivity index (χ3v) is 7.63. The van der Waals surface area contributed by atoms with Gasteiger partial charge in [0, 0.05) is 70.3 Å². The van der Waals surface area contributed by atoms with Crippen LogP contribution >= 0.6 is 0 Å². The number of hydrogen-bond donors (Lipinski definition) is 0. The lowest BCUT2D eigenvalue weighted by Crippen LogP contribution is -2.48. The molecule has 2 saturated heterocycles. The fourth-order valence-electron chi connectivity index (χ4n) is 5.36. The summed E-state index contributed by atoms with van der Waals surface area (Å²) in [7, 11) is 0. The number of pyridine rings is 1. The second-order valence-electron chi connectivity index (χ2n) is 11.5. The smallest absolute Gasteiger partial charge is 0.369 e. The van der Waals surface area contributed by atoms with Crippen LogP contribution < -0.4 is 4.90 Å². The second-order valence-corrected chi connectivity index (χ2v) is 11.5. The lowest BCUT2D eigenvalue weighted by molar-refractivity contribution is -0.138. The number of piperidine rings is 1. The van der Waals surface area contributed by atoms with E-state index < -0.39 is 11.7 Å². The molecule has 37 heavy (non-hydrogen) atoms. The topological polar surface area (TPSA) is 39.7 Å². The van der Waals surface area contributed by atoms with E-state index in [1.54, 1.807) is 0 Å². The SMILES string of the molecule is CC(C)(C)c1ccc(N2CCN(CCC(=O)N3CCC[C@H](Cc4cncc(C(F)(F)F)c4)C3)CC2)cc1. The van der Waals surface area contributed by atoms with Gasteiger partial charge >= 0.3 is 6.18 Å². The van der Waals surface area contributed by atoms with Gasteiger partial charge in [0.2, 0.25) is 5.91 Å². The minimum Gasteiger partial charge on any atom is -0.369 e. The van der Waals surface area contributed by atoms with Crippen LogP contribution in [-0.2, 0) is 22.8 Å². The maximum atomic E-state index is 13.0. The summed E-state index contributed by atoms with van der Waals surface area (Å²) in [5.74, 6) is 0.309. The molecule has 1 aromatic carbocycles. The minimum atomic E-state index is -4.39. The van der Waals surface area contributed by atoms with Crippen molar-refractivity contribution >= 4 is 11.6 Å². The molecule has 0 saturated carbocycles. The molecule has 1 atom stereocenters. The number of alkyl halides is 3. The molecule has 0 bridgehead atoms. The van der Waals surface area contributed by atoms with Crippen molar-refractivity contribution in [3.63, 3.8) is 0 Å². The van der Waals surface area contributed by atoms with E-state index in [2.05, 4.69) is 59.8 Å². The first kappa shape index (κ1) is 27.4. The molecule has 1 amide bonds. The van der Waals surface area contributed by atoms with Crippen LogP contribution in [0, 0.1) is 5.92 Å². The summed E-state index contributed by atoms with van der Waals surface area (Å²) in [5.41, 5.74) is 2.60. The summed E-state index contributed by atoms with van der Waals surface area (Å²) >= 11 is 0. The van der Waals surface area contributed by atoms with Crippen molar-refractivity contribution in [1.29, 1.82) is 0 Å². The molecule has 2 aliphatic rings. The maximum Gasteiger partial charge on any atom is 0.417 e. The Morgan fingerprint density at radius 3 is 2.32 bits per heavy atom. The second kappa shape index (κ2) is 11.4. The number of nitrogens with zero attached hydrogens (tertiary/aromatic N) is 4. The van der Waals surface area contributed by atoms with Crippen molar-refractivity contribution in [1.82, 2.24) is 14.8 Å². The van der Waals surface area contributed by atoms with Crippen LogP contribution in [0.5, 0.6) is 0 Å². The summed E-state index contributed by atoms with van der Waals surface area (Å²) in [5, 5.41) is 0. The molecule has 1 aromatic heterocycles. The third kappa shape index (κ3) is 7.46. The van der Waals surface area contributed by atoms with Gasteiger partial charge in [-0.25, -0.2) is 0 Å². The monoisotopic (exact) mass is 516 g/mol. The molecule has 8 heteroatoms. The Morgan fingerprint density at radius 1 is 0.973 bits per heavy atom. The fourth-order valence-corrected chi connectivity index (χ4v) is 5.36. The van der Waals surface area contributed by atoms with E-state index in [-0.39, 0.29) is 17.2 Å². The molecule has 202 valence electrons. The average molecular weight is 517 g/mol. The van der Waals surface area contributed by atoms with Crippen LogP contribution in [0.3, 0.4) is 0 Å². The Labute approximate surface area is 218 Å². The number of carbonyl (C=O) groups excluding carboxylic acids is 1. The molecular formula is C29H39F3N4O. The van der Waals surface area contributed by atoms with Gasteiger partial charge in [-0.1, -0.05) is 32.9 Å². The number of benzene rings is 1. The summed E-state index contributed by atoms with van der Waals surface area (Å²) < 4.78 is 39.0. The van der Waals surface area contributed by atoms with Gasteiger partial charge in [0.15, 0.2) is 0 Å². The van der Waals surface area contributed by atoms with Gasteiger partial charge in [0.05, 0.1) is 5.56 Å². The molecule has 0 unspecified atom stereocenters. The first-order valence-corrected chi connectivity index (χ1v) is 13.4. The zero-order valence-electron chi connectivity index (χ0n) is 22.2. The number of rotatable bonds is 6. The van der Waals surface area contributed by atoms with Gasteiger partial charge in [-0.2, -0.15) is 13.2 Å². The van der Waals surface area contributed by atoms with Gasteiger partial charge in [-0.05, 0) is 59.9 Å². The Morgan fingerprint density at radius 2 is 1.68 bits per heavy atom. The molecule has 0 N–H and O–H groups in total. The molecule has 2 aliphatic heterocycles. The highest BCUT2D eigenvalue weighted by molar-refractivity contribution is 5.76. The normalized spacial score (nSPS) is 19.8. The van der Waals surface area contributed by atoms with Crippen molar-refractivity contribution in [2.24, 2.45) is 5.92 Å². The molecule has 4 rings (SSSR count). The lowest BCUT2D eigenvalue weighted by Gasteiger charge is -2.37. The van der Waals surface area contributed by atoms with Crippen molar-refractivity contribution in [2.75, 3.05) is 50.7 Å². The van der Waals surface area contributed by atoms with Crippen molar-refractivity contribution in [3.8, 4) is 0 Å². The van der Waals surface area contributed by atoms with Crippen molar-refractivity contribution in [2.45, 2.75) is 58.0 Å². The average Bonchev–Trinajstić information content (AvgIpc) is 2.87. The van der Waals surface area contributed by atoms with Crippen molar-refractivity contribution in [3.05, 3.63) is 59.4 Å². The number of halogens is 3. The van der Waals surface area contributed by atoms with Crippen LogP contribution in [-0.4, -0.2) is 66.5 Å². The Bertz CT molecular complexity index is 1040. The highest BCUT2D eigenvalue weighted by Gasteiger charge is 2.31. The van der Waals surface area contributed by atoms with Gasteiger partial charge in [0.25, 0.3) is 0 Å². The van der Waals surface area contributed by atoms with E-state index in [0.29, 0.717) is 24.9 Å². The quantitative estimate of drug-likeness (QED) is 0.516. The van der Waals surface area contributed by atoms with Crippen LogP contribution in [0.4, 0.5) is 18.9 Å². The molecule has 3 heterocycles. The molecule has 2 fully saturated rings. The summed E-state index contributed by atoms with van der Waals surface area (Å²) in [6.45, 7) is 12.5. The van der Waals surface area contributed by atoms with E-state index in [1.165, 1.54) is 23.5 Å². The molecule has 0 radical (unpaired) electrons. The summed E-state index contributed by atoms with van der Waals surface area (Å²) in [4.78, 5) is 23.4. The number of aromatic nitrogens is 1. The van der Waals surface area contributed by atoms with E-state index in [0.717, 1.165) is 58.3 Å². The Hall–Kier alpha value is -2.61. The van der Waals surface area contributed by atoms with Gasteiger partial charge in [0.1, 0.15) is 0 Å². The summed E-state index contributed by atoms with van der Waals surface area (Å²) in [6.07, 6.45) is 0.781. The van der Waals surface area contributed by atoms with Gasteiger partial charge in [-0.3, -0.25) is 14.7 Å². The Balaban J connectivity index is 1.21. The Kier molecular flexibility index (Phi) is 8.46. The molecule has 2 aromatic rings. The lowest BCUT2D eigenvalue weighted by atomic mass is 9.87. The fraction of sp³-hybridized carbons (Fsp3) is 0.586. The van der Waals surface area contributed by atoms with Gasteiger partial charge < -0.3 is 9.80 Å². The largest absolute Gasteiger partial charge is 0.417 e. The van der Waals surface area contributed by atoms with Crippen LogP contribution in [0.2, 0.25) is 0 Å². The predicted molar refractivity (Wildman–Crippen MR) is 141 cm³/mol. The van der Waals surface area contributed by atoms with Crippen LogP contribution in [0.1, 0.15) is 56.7 Å². The summed E-state index contributed by atoms with van der Waals surface area (Å²) in [6, 6.07) is 10.0. The van der Waals surface area contributed by atoms with E-state index in [9.17, 15) is 18.0 Å². The molecule has 0 spiro atoms. The minimum absolute atomic E-state index is 0.145. The third-order valence-electron chi connectivity index (χ3n) is 7.63. The predicted octanol–water partition coefficient (Wildman–Crippen LogP) is 5.39. The van der Waals surface area contributed by atoms with Crippen molar-refractivity contribution < 1.29 is 18.0 Å². The molecule has 5 nitrogen and oxygen atoms in total. The zero-order valence-corrected chi connectivity index (χ0v) is 22.2. The number of likely N-dealkylation sites (tertiary alicyclic amines) is 1. The van der Waals surface area contributed by atoms with E-state index in [4.69, 9.17) is 0 Å². The first-order valence-electron chi connectivity index (χ1n) is 13.4. The highest BCUT2D eigenvalue weighted by Crippen LogP contribution is 2.30. The highest BCUT2D eigenvalue weighted by atomic mass is 19.4.